The summed E-state index contributed by atoms with van der Waals surface area (Å²) in [6.45, 7) is 4.33. The van der Waals surface area contributed by atoms with Crippen LogP contribution in [0.4, 0.5) is 10.5 Å². The molecule has 1 atom stereocenters. The highest BCUT2D eigenvalue weighted by molar-refractivity contribution is 5.90. The first-order valence-electron chi connectivity index (χ1n) is 7.44. The Labute approximate surface area is 131 Å². The minimum absolute atomic E-state index is 0.166. The molecular weight excluding hydrogens is 276 g/mol. The lowest BCUT2D eigenvalue weighted by atomic mass is 10.0. The van der Waals surface area contributed by atoms with Gasteiger partial charge >= 0.3 is 6.03 Å². The molecular formula is C18H22N2O2. The molecule has 0 aliphatic heterocycles. The van der Waals surface area contributed by atoms with Crippen molar-refractivity contribution in [1.29, 1.82) is 0 Å². The fourth-order valence-electron chi connectivity index (χ4n) is 2.26. The first-order chi connectivity index (χ1) is 10.6. The molecule has 116 valence electrons. The number of para-hydroxylation sites is 1. The number of nitrogens with one attached hydrogen (secondary N) is 2. The predicted octanol–water partition coefficient (Wildman–Crippen LogP) is 3.67. The lowest BCUT2D eigenvalue weighted by Gasteiger charge is -2.16. The zero-order valence-electron chi connectivity index (χ0n) is 12.9. The van der Waals surface area contributed by atoms with Crippen LogP contribution in [0, 0.1) is 0 Å². The maximum atomic E-state index is 12.0. The van der Waals surface area contributed by atoms with Crippen LogP contribution in [0.15, 0.2) is 54.6 Å². The molecule has 0 saturated carbocycles. The summed E-state index contributed by atoms with van der Waals surface area (Å²) in [5, 5.41) is 15.6. The molecule has 0 unspecified atom stereocenters. The highest BCUT2D eigenvalue weighted by atomic mass is 16.3. The molecule has 0 bridgehead atoms. The molecule has 4 nitrogen and oxygen atoms in total. The summed E-state index contributed by atoms with van der Waals surface area (Å²) < 4.78 is 0. The fourth-order valence-corrected chi connectivity index (χ4v) is 2.26. The third-order valence-corrected chi connectivity index (χ3v) is 3.47. The van der Waals surface area contributed by atoms with Crippen molar-refractivity contribution in [1.82, 2.24) is 5.32 Å². The van der Waals surface area contributed by atoms with Crippen molar-refractivity contribution >= 4 is 11.7 Å². The van der Waals surface area contributed by atoms with Crippen LogP contribution in [0.3, 0.4) is 0 Å². The molecule has 0 aliphatic carbocycles. The number of aliphatic hydroxyl groups is 1. The highest BCUT2D eigenvalue weighted by Gasteiger charge is 2.11. The average Bonchev–Trinajstić information content (AvgIpc) is 2.53. The Hall–Kier alpha value is -2.33. The van der Waals surface area contributed by atoms with Gasteiger partial charge in [0, 0.05) is 12.2 Å². The van der Waals surface area contributed by atoms with E-state index in [1.807, 2.05) is 54.6 Å². The topological polar surface area (TPSA) is 61.4 Å². The molecule has 0 aromatic heterocycles. The maximum Gasteiger partial charge on any atom is 0.319 e. The summed E-state index contributed by atoms with van der Waals surface area (Å²) in [6.07, 6.45) is -0.715. The van der Waals surface area contributed by atoms with Crippen molar-refractivity contribution in [2.45, 2.75) is 25.9 Å². The number of hydrogen-bond acceptors (Lipinski definition) is 2. The van der Waals surface area contributed by atoms with E-state index < -0.39 is 6.10 Å². The van der Waals surface area contributed by atoms with E-state index in [4.69, 9.17) is 0 Å². The van der Waals surface area contributed by atoms with Gasteiger partial charge in [-0.15, -0.1) is 0 Å². The largest absolute Gasteiger partial charge is 0.387 e. The van der Waals surface area contributed by atoms with Gasteiger partial charge in [-0.25, -0.2) is 4.79 Å². The van der Waals surface area contributed by atoms with Crippen LogP contribution in [-0.4, -0.2) is 17.7 Å². The Morgan fingerprint density at radius 1 is 1.05 bits per heavy atom. The van der Waals surface area contributed by atoms with Crippen molar-refractivity contribution in [3.63, 3.8) is 0 Å². The predicted molar refractivity (Wildman–Crippen MR) is 89.0 cm³/mol. The SMILES string of the molecule is CC(C)c1ccccc1NC(=O)NC[C@H](O)c1ccccc1. The molecule has 2 amide bonds. The second-order valence-corrected chi connectivity index (χ2v) is 5.50. The molecule has 2 rings (SSSR count). The number of carbonyl (C=O) groups is 1. The van der Waals surface area contributed by atoms with Gasteiger partial charge in [-0.2, -0.15) is 0 Å². The Morgan fingerprint density at radius 2 is 1.68 bits per heavy atom. The lowest BCUT2D eigenvalue weighted by Crippen LogP contribution is -2.32. The third-order valence-electron chi connectivity index (χ3n) is 3.47. The van der Waals surface area contributed by atoms with Gasteiger partial charge in [-0.1, -0.05) is 62.4 Å². The zero-order valence-corrected chi connectivity index (χ0v) is 12.9. The summed E-state index contributed by atoms with van der Waals surface area (Å²) in [5.41, 5.74) is 2.66. The fraction of sp³-hybridized carbons (Fsp3) is 0.278. The monoisotopic (exact) mass is 298 g/mol. The standard InChI is InChI=1S/C18H22N2O2/c1-13(2)15-10-6-7-11-16(15)20-18(22)19-12-17(21)14-8-4-3-5-9-14/h3-11,13,17,21H,12H2,1-2H3,(H2,19,20,22)/t17-/m0/s1. The van der Waals surface area contributed by atoms with E-state index in [-0.39, 0.29) is 12.6 Å². The van der Waals surface area contributed by atoms with Gasteiger partial charge in [-0.05, 0) is 23.1 Å². The van der Waals surface area contributed by atoms with Crippen LogP contribution < -0.4 is 10.6 Å². The van der Waals surface area contributed by atoms with Crippen LogP contribution in [0.2, 0.25) is 0 Å². The van der Waals surface area contributed by atoms with Gasteiger partial charge in [0.1, 0.15) is 0 Å². The molecule has 0 saturated heterocycles. The van der Waals surface area contributed by atoms with Crippen molar-refractivity contribution in [3.05, 3.63) is 65.7 Å². The van der Waals surface area contributed by atoms with E-state index in [2.05, 4.69) is 24.5 Å². The van der Waals surface area contributed by atoms with E-state index in [0.717, 1.165) is 16.8 Å². The smallest absolute Gasteiger partial charge is 0.319 e. The number of hydrogen-bond donors (Lipinski definition) is 3. The van der Waals surface area contributed by atoms with E-state index in [0.29, 0.717) is 5.92 Å². The average molecular weight is 298 g/mol. The van der Waals surface area contributed by atoms with Crippen LogP contribution in [-0.2, 0) is 0 Å². The molecule has 0 spiro atoms. The Kier molecular flexibility index (Phi) is 5.55. The number of anilines is 1. The minimum atomic E-state index is -0.715. The van der Waals surface area contributed by atoms with Crippen molar-refractivity contribution in [2.75, 3.05) is 11.9 Å². The van der Waals surface area contributed by atoms with Crippen molar-refractivity contribution in [2.24, 2.45) is 0 Å². The summed E-state index contributed by atoms with van der Waals surface area (Å²) in [7, 11) is 0. The van der Waals surface area contributed by atoms with Gasteiger partial charge in [-0.3, -0.25) is 0 Å². The summed E-state index contributed by atoms with van der Waals surface area (Å²) in [5.74, 6) is 0.325. The molecule has 4 heteroatoms. The second-order valence-electron chi connectivity index (χ2n) is 5.50. The highest BCUT2D eigenvalue weighted by Crippen LogP contribution is 2.23. The number of amides is 2. The maximum absolute atomic E-state index is 12.0. The third kappa shape index (κ3) is 4.33. The van der Waals surface area contributed by atoms with Gasteiger partial charge in [0.2, 0.25) is 0 Å². The Bertz CT molecular complexity index is 611. The molecule has 3 N–H and O–H groups in total. The number of benzene rings is 2. The number of rotatable bonds is 5. The number of urea groups is 1. The summed E-state index contributed by atoms with van der Waals surface area (Å²) in [4.78, 5) is 12.0. The molecule has 0 heterocycles. The van der Waals surface area contributed by atoms with Gasteiger partial charge in [0.25, 0.3) is 0 Å². The number of carbonyl (C=O) groups excluding carboxylic acids is 1. The van der Waals surface area contributed by atoms with Crippen LogP contribution in [0.1, 0.15) is 37.0 Å². The van der Waals surface area contributed by atoms with Crippen molar-refractivity contribution in [3.8, 4) is 0 Å². The van der Waals surface area contributed by atoms with Gasteiger partial charge in [0.15, 0.2) is 0 Å². The molecule has 22 heavy (non-hydrogen) atoms. The Balaban J connectivity index is 1.91. The number of aliphatic hydroxyl groups excluding tert-OH is 1. The minimum Gasteiger partial charge on any atom is -0.387 e. The first-order valence-corrected chi connectivity index (χ1v) is 7.44. The Morgan fingerprint density at radius 3 is 2.36 bits per heavy atom. The van der Waals surface area contributed by atoms with Crippen LogP contribution in [0.25, 0.3) is 0 Å². The van der Waals surface area contributed by atoms with E-state index in [9.17, 15) is 9.90 Å². The molecule has 2 aromatic rings. The molecule has 2 aromatic carbocycles. The molecule has 0 aliphatic rings. The normalized spacial score (nSPS) is 12.0. The van der Waals surface area contributed by atoms with Crippen LogP contribution >= 0.6 is 0 Å². The summed E-state index contributed by atoms with van der Waals surface area (Å²) >= 11 is 0. The van der Waals surface area contributed by atoms with Crippen LogP contribution in [0.5, 0.6) is 0 Å². The van der Waals surface area contributed by atoms with Gasteiger partial charge < -0.3 is 15.7 Å². The van der Waals surface area contributed by atoms with Crippen molar-refractivity contribution < 1.29 is 9.90 Å². The van der Waals surface area contributed by atoms with Gasteiger partial charge in [0.05, 0.1) is 6.10 Å². The first kappa shape index (κ1) is 16.0. The van der Waals surface area contributed by atoms with E-state index >= 15 is 0 Å². The summed E-state index contributed by atoms with van der Waals surface area (Å²) in [6, 6.07) is 16.7. The molecule has 0 radical (unpaired) electrons. The second kappa shape index (κ2) is 7.61. The van der Waals surface area contributed by atoms with E-state index in [1.165, 1.54) is 0 Å². The zero-order chi connectivity index (χ0) is 15.9. The molecule has 0 fully saturated rings. The quantitative estimate of drug-likeness (QED) is 0.789. The lowest BCUT2D eigenvalue weighted by molar-refractivity contribution is 0.175. The van der Waals surface area contributed by atoms with E-state index in [1.54, 1.807) is 0 Å².